The third-order valence-corrected chi connectivity index (χ3v) is 6.70. The summed E-state index contributed by atoms with van der Waals surface area (Å²) in [4.78, 5) is 14.5. The van der Waals surface area contributed by atoms with Gasteiger partial charge in [0.2, 0.25) is 10.0 Å². The summed E-state index contributed by atoms with van der Waals surface area (Å²) >= 11 is 0. The van der Waals surface area contributed by atoms with Crippen LogP contribution in [0.2, 0.25) is 0 Å². The Balaban J connectivity index is 1.53. The van der Waals surface area contributed by atoms with Gasteiger partial charge in [-0.3, -0.25) is 9.69 Å². The molecule has 0 radical (unpaired) electrons. The Morgan fingerprint density at radius 1 is 1.00 bits per heavy atom. The largest absolute Gasteiger partial charge is 0.322 e. The summed E-state index contributed by atoms with van der Waals surface area (Å²) in [5.74, 6) is -0.471. The first-order valence-electron chi connectivity index (χ1n) is 9.23. The van der Waals surface area contributed by atoms with Crippen LogP contribution in [0, 0.1) is 5.82 Å². The van der Waals surface area contributed by atoms with Gasteiger partial charge in [0.15, 0.2) is 0 Å². The molecule has 0 atom stereocenters. The number of carbonyl (C=O) groups is 1. The number of nitrogens with zero attached hydrogens (tertiary/aromatic N) is 2. The lowest BCUT2D eigenvalue weighted by Gasteiger charge is -2.33. The Hall–Kier alpha value is -2.29. The number of hydrogen-bond acceptors (Lipinski definition) is 4. The van der Waals surface area contributed by atoms with Crippen LogP contribution in [0.15, 0.2) is 48.5 Å². The Labute approximate surface area is 165 Å². The summed E-state index contributed by atoms with van der Waals surface area (Å²) in [6, 6.07) is 12.9. The second-order valence-corrected chi connectivity index (χ2v) is 8.99. The normalized spacial score (nSPS) is 16.1. The number of hydrogen-bond donors (Lipinski definition) is 1. The molecule has 0 unspecified atom stereocenters. The summed E-state index contributed by atoms with van der Waals surface area (Å²) in [5.41, 5.74) is 2.12. The van der Waals surface area contributed by atoms with Crippen molar-refractivity contribution in [2.24, 2.45) is 0 Å². The van der Waals surface area contributed by atoms with Gasteiger partial charge < -0.3 is 5.32 Å². The molecule has 2 aromatic rings. The maximum Gasteiger partial charge on any atom is 0.255 e. The first-order valence-corrected chi connectivity index (χ1v) is 10.8. The van der Waals surface area contributed by atoms with E-state index in [2.05, 4.69) is 10.2 Å². The number of benzene rings is 2. The van der Waals surface area contributed by atoms with Crippen LogP contribution in [-0.2, 0) is 16.6 Å². The molecule has 1 amide bonds. The number of halogens is 1. The Morgan fingerprint density at radius 2 is 1.61 bits per heavy atom. The topological polar surface area (TPSA) is 69.7 Å². The lowest BCUT2D eigenvalue weighted by atomic mass is 10.1. The summed E-state index contributed by atoms with van der Waals surface area (Å²) in [5, 5.41) is 2.73. The minimum atomic E-state index is -3.12. The van der Waals surface area contributed by atoms with E-state index in [9.17, 15) is 17.6 Å². The molecule has 0 aliphatic carbocycles. The zero-order valence-electron chi connectivity index (χ0n) is 15.8. The van der Waals surface area contributed by atoms with E-state index in [0.717, 1.165) is 5.56 Å². The molecule has 0 aromatic heterocycles. The number of anilines is 1. The molecule has 0 bridgehead atoms. The maximum atomic E-state index is 12.9. The highest BCUT2D eigenvalue weighted by Crippen LogP contribution is 2.14. The summed E-state index contributed by atoms with van der Waals surface area (Å²) in [6.07, 6.45) is 0. The van der Waals surface area contributed by atoms with E-state index < -0.39 is 10.0 Å². The Morgan fingerprint density at radius 3 is 2.18 bits per heavy atom. The maximum absolute atomic E-state index is 12.9. The van der Waals surface area contributed by atoms with Crippen molar-refractivity contribution in [1.82, 2.24) is 9.21 Å². The smallest absolute Gasteiger partial charge is 0.255 e. The van der Waals surface area contributed by atoms with Crippen LogP contribution in [-0.4, -0.2) is 55.5 Å². The third kappa shape index (κ3) is 5.15. The van der Waals surface area contributed by atoms with Gasteiger partial charge >= 0.3 is 0 Å². The van der Waals surface area contributed by atoms with E-state index in [0.29, 0.717) is 44.0 Å². The molecule has 2 aromatic carbocycles. The van der Waals surface area contributed by atoms with Crippen molar-refractivity contribution in [3.05, 3.63) is 65.5 Å². The lowest BCUT2D eigenvalue weighted by molar-refractivity contribution is 0.102. The predicted octanol–water partition coefficient (Wildman–Crippen LogP) is 2.55. The minimum Gasteiger partial charge on any atom is -0.322 e. The molecule has 8 heteroatoms. The van der Waals surface area contributed by atoms with Crippen molar-refractivity contribution in [3.8, 4) is 0 Å². The highest BCUT2D eigenvalue weighted by molar-refractivity contribution is 7.89. The fourth-order valence-corrected chi connectivity index (χ4v) is 4.19. The van der Waals surface area contributed by atoms with Crippen LogP contribution < -0.4 is 5.32 Å². The number of carbonyl (C=O) groups excluding carboxylic acids is 1. The van der Waals surface area contributed by atoms with Crippen LogP contribution in [0.4, 0.5) is 10.1 Å². The van der Waals surface area contributed by atoms with Gasteiger partial charge in [0.05, 0.1) is 5.75 Å². The van der Waals surface area contributed by atoms with Crippen LogP contribution in [0.1, 0.15) is 22.8 Å². The monoisotopic (exact) mass is 405 g/mol. The average molecular weight is 405 g/mol. The standard InChI is InChI=1S/C20H24FN3O3S/c1-2-28(26,27)24-13-11-23(12-14-24)15-16-3-5-17(6-4-16)20(25)22-19-9-7-18(21)8-10-19/h3-10H,2,11-15H2,1H3,(H,22,25). The summed E-state index contributed by atoms with van der Waals surface area (Å²) in [7, 11) is -3.12. The first-order chi connectivity index (χ1) is 13.4. The molecule has 1 heterocycles. The molecular weight excluding hydrogens is 381 g/mol. The second-order valence-electron chi connectivity index (χ2n) is 6.73. The first kappa shape index (κ1) is 20.4. The Bertz CT molecular complexity index is 907. The van der Waals surface area contributed by atoms with E-state index in [1.807, 2.05) is 12.1 Å². The van der Waals surface area contributed by atoms with Gasteiger partial charge in [0, 0.05) is 44.0 Å². The molecule has 6 nitrogen and oxygen atoms in total. The quantitative estimate of drug-likeness (QED) is 0.802. The fraction of sp³-hybridized carbons (Fsp3) is 0.350. The van der Waals surface area contributed by atoms with Crippen molar-refractivity contribution in [2.75, 3.05) is 37.2 Å². The fourth-order valence-electron chi connectivity index (χ4n) is 3.10. The molecular formula is C20H24FN3O3S. The van der Waals surface area contributed by atoms with Crippen LogP contribution in [0.5, 0.6) is 0 Å². The molecule has 1 aliphatic heterocycles. The summed E-state index contributed by atoms with van der Waals surface area (Å²) in [6.45, 7) is 4.76. The van der Waals surface area contributed by atoms with Crippen LogP contribution in [0.3, 0.4) is 0 Å². The zero-order valence-corrected chi connectivity index (χ0v) is 16.6. The molecule has 1 N–H and O–H groups in total. The third-order valence-electron chi connectivity index (χ3n) is 4.81. The number of nitrogens with one attached hydrogen (secondary N) is 1. The zero-order chi connectivity index (χ0) is 20.1. The van der Waals surface area contributed by atoms with E-state index in [1.54, 1.807) is 23.4 Å². The van der Waals surface area contributed by atoms with Gasteiger partial charge in [-0.15, -0.1) is 0 Å². The average Bonchev–Trinajstić information content (AvgIpc) is 2.70. The van der Waals surface area contributed by atoms with Gasteiger partial charge in [-0.05, 0) is 48.9 Å². The number of piperazine rings is 1. The van der Waals surface area contributed by atoms with Crippen LogP contribution >= 0.6 is 0 Å². The highest BCUT2D eigenvalue weighted by Gasteiger charge is 2.25. The molecule has 1 saturated heterocycles. The van der Waals surface area contributed by atoms with Crippen molar-refractivity contribution in [1.29, 1.82) is 0 Å². The van der Waals surface area contributed by atoms with Gasteiger partial charge in [-0.1, -0.05) is 12.1 Å². The van der Waals surface area contributed by atoms with Gasteiger partial charge in [-0.2, -0.15) is 4.31 Å². The van der Waals surface area contributed by atoms with E-state index >= 15 is 0 Å². The van der Waals surface area contributed by atoms with Gasteiger partial charge in [0.1, 0.15) is 5.82 Å². The van der Waals surface area contributed by atoms with Crippen molar-refractivity contribution < 1.29 is 17.6 Å². The van der Waals surface area contributed by atoms with Crippen molar-refractivity contribution >= 4 is 21.6 Å². The number of amides is 1. The van der Waals surface area contributed by atoms with Crippen LogP contribution in [0.25, 0.3) is 0 Å². The van der Waals surface area contributed by atoms with E-state index in [1.165, 1.54) is 24.3 Å². The Kier molecular flexibility index (Phi) is 6.43. The highest BCUT2D eigenvalue weighted by atomic mass is 32.2. The molecule has 3 rings (SSSR count). The molecule has 1 fully saturated rings. The molecule has 0 spiro atoms. The molecule has 0 saturated carbocycles. The number of sulfonamides is 1. The molecule has 1 aliphatic rings. The lowest BCUT2D eigenvalue weighted by Crippen LogP contribution is -2.48. The second kappa shape index (κ2) is 8.81. The molecule has 28 heavy (non-hydrogen) atoms. The van der Waals surface area contributed by atoms with Crippen molar-refractivity contribution in [2.45, 2.75) is 13.5 Å². The minimum absolute atomic E-state index is 0.133. The van der Waals surface area contributed by atoms with Gasteiger partial charge in [-0.25, -0.2) is 12.8 Å². The predicted molar refractivity (Wildman–Crippen MR) is 107 cm³/mol. The van der Waals surface area contributed by atoms with Gasteiger partial charge in [0.25, 0.3) is 5.91 Å². The van der Waals surface area contributed by atoms with E-state index in [-0.39, 0.29) is 17.5 Å². The summed E-state index contributed by atoms with van der Waals surface area (Å²) < 4.78 is 38.3. The SMILES string of the molecule is CCS(=O)(=O)N1CCN(Cc2ccc(C(=O)Nc3ccc(F)cc3)cc2)CC1. The van der Waals surface area contributed by atoms with Crippen molar-refractivity contribution in [3.63, 3.8) is 0 Å². The molecule has 150 valence electrons. The van der Waals surface area contributed by atoms with E-state index in [4.69, 9.17) is 0 Å². The number of rotatable bonds is 6.